The summed E-state index contributed by atoms with van der Waals surface area (Å²) in [5, 5.41) is 2.75. The van der Waals surface area contributed by atoms with E-state index < -0.39 is 10.0 Å². The quantitative estimate of drug-likeness (QED) is 0.849. The molecule has 21 heavy (non-hydrogen) atoms. The Morgan fingerprint density at radius 3 is 2.76 bits per heavy atom. The number of halogens is 1. The summed E-state index contributed by atoms with van der Waals surface area (Å²) in [5.41, 5.74) is 6.43. The number of nitrogens with one attached hydrogen (secondary N) is 1. The van der Waals surface area contributed by atoms with Crippen LogP contribution in [0.4, 0.5) is 5.69 Å². The Kier molecular flexibility index (Phi) is 6.00. The van der Waals surface area contributed by atoms with Crippen molar-refractivity contribution in [3.8, 4) is 0 Å². The van der Waals surface area contributed by atoms with E-state index >= 15 is 0 Å². The summed E-state index contributed by atoms with van der Waals surface area (Å²) in [4.78, 5) is 12.0. The molecule has 118 valence electrons. The van der Waals surface area contributed by atoms with E-state index in [4.69, 9.17) is 5.73 Å². The number of carbonyl (C=O) groups excluding carboxylic acids is 1. The lowest BCUT2D eigenvalue weighted by atomic mass is 10.1. The number of sulfonamides is 1. The number of rotatable bonds is 4. The zero-order valence-corrected chi connectivity index (χ0v) is 13.4. The summed E-state index contributed by atoms with van der Waals surface area (Å²) >= 11 is 0. The van der Waals surface area contributed by atoms with E-state index in [-0.39, 0.29) is 30.1 Å². The minimum Gasteiger partial charge on any atom is -0.348 e. The van der Waals surface area contributed by atoms with Gasteiger partial charge >= 0.3 is 0 Å². The monoisotopic (exact) mass is 333 g/mol. The molecule has 1 aromatic rings. The molecule has 8 heteroatoms. The molecule has 0 radical (unpaired) electrons. The molecule has 1 saturated heterocycles. The van der Waals surface area contributed by atoms with Gasteiger partial charge in [0, 0.05) is 24.7 Å². The summed E-state index contributed by atoms with van der Waals surface area (Å²) < 4.78 is 25.1. The van der Waals surface area contributed by atoms with Crippen molar-refractivity contribution in [2.75, 3.05) is 23.1 Å². The number of nitrogens with two attached hydrogens (primary N) is 1. The second kappa shape index (κ2) is 7.11. The zero-order chi connectivity index (χ0) is 14.8. The van der Waals surface area contributed by atoms with Crippen molar-refractivity contribution in [1.29, 1.82) is 0 Å². The number of hydrogen-bond acceptors (Lipinski definition) is 4. The Hall–Kier alpha value is -1.31. The van der Waals surface area contributed by atoms with Gasteiger partial charge in [0.05, 0.1) is 11.4 Å². The Morgan fingerprint density at radius 1 is 1.48 bits per heavy atom. The molecule has 1 aliphatic rings. The average molecular weight is 334 g/mol. The molecule has 2 rings (SSSR count). The number of amides is 1. The van der Waals surface area contributed by atoms with Gasteiger partial charge in [-0.15, -0.1) is 12.4 Å². The third-order valence-electron chi connectivity index (χ3n) is 3.23. The standard InChI is InChI=1S/C13H19N3O3S.ClH/c1-10(9-14)15-13(17)11-4-2-5-12(8-11)16-6-3-7-20(16,18)19;/h2,4-5,8,10H,3,6-7,9,14H2,1H3,(H,15,17);1H/t10-;/m0./s1. The third-order valence-corrected chi connectivity index (χ3v) is 5.10. The maximum absolute atomic E-state index is 12.0. The summed E-state index contributed by atoms with van der Waals surface area (Å²) in [6.45, 7) is 2.63. The molecule has 1 atom stereocenters. The van der Waals surface area contributed by atoms with Crippen molar-refractivity contribution >= 4 is 34.0 Å². The summed E-state index contributed by atoms with van der Waals surface area (Å²) in [6, 6.07) is 6.52. The average Bonchev–Trinajstić information content (AvgIpc) is 2.78. The summed E-state index contributed by atoms with van der Waals surface area (Å²) in [6.07, 6.45) is 0.614. The highest BCUT2D eigenvalue weighted by atomic mass is 35.5. The van der Waals surface area contributed by atoms with E-state index in [1.54, 1.807) is 24.3 Å². The van der Waals surface area contributed by atoms with Crippen LogP contribution in [0.25, 0.3) is 0 Å². The van der Waals surface area contributed by atoms with Crippen LogP contribution in [0.2, 0.25) is 0 Å². The first-order valence-corrected chi connectivity index (χ1v) is 8.16. The number of hydrogen-bond donors (Lipinski definition) is 2. The van der Waals surface area contributed by atoms with Gasteiger partial charge in [-0.2, -0.15) is 0 Å². The van der Waals surface area contributed by atoms with Crippen LogP contribution in [0.1, 0.15) is 23.7 Å². The van der Waals surface area contributed by atoms with Crippen LogP contribution in [0.3, 0.4) is 0 Å². The lowest BCUT2D eigenvalue weighted by molar-refractivity contribution is 0.0941. The van der Waals surface area contributed by atoms with Crippen LogP contribution in [0.5, 0.6) is 0 Å². The van der Waals surface area contributed by atoms with Gasteiger partial charge in [-0.05, 0) is 31.5 Å². The topological polar surface area (TPSA) is 92.5 Å². The smallest absolute Gasteiger partial charge is 0.251 e. The molecular formula is C13H20ClN3O3S. The molecule has 3 N–H and O–H groups in total. The van der Waals surface area contributed by atoms with Crippen LogP contribution in [0, 0.1) is 0 Å². The van der Waals surface area contributed by atoms with Crippen molar-refractivity contribution < 1.29 is 13.2 Å². The zero-order valence-electron chi connectivity index (χ0n) is 11.8. The fraction of sp³-hybridized carbons (Fsp3) is 0.462. The van der Waals surface area contributed by atoms with Crippen LogP contribution in [-0.2, 0) is 10.0 Å². The maximum Gasteiger partial charge on any atom is 0.251 e. The predicted octanol–water partition coefficient (Wildman–Crippen LogP) is 0.725. The van der Waals surface area contributed by atoms with Crippen molar-refractivity contribution in [3.05, 3.63) is 29.8 Å². The second-order valence-electron chi connectivity index (χ2n) is 4.90. The molecule has 1 heterocycles. The van der Waals surface area contributed by atoms with Gasteiger partial charge in [0.25, 0.3) is 5.91 Å². The van der Waals surface area contributed by atoms with Crippen LogP contribution >= 0.6 is 12.4 Å². The van der Waals surface area contributed by atoms with Gasteiger partial charge in [-0.3, -0.25) is 9.10 Å². The highest BCUT2D eigenvalue weighted by Crippen LogP contribution is 2.24. The molecule has 1 fully saturated rings. The van der Waals surface area contributed by atoms with Gasteiger partial charge < -0.3 is 11.1 Å². The molecule has 1 aliphatic heterocycles. The number of benzene rings is 1. The highest BCUT2D eigenvalue weighted by Gasteiger charge is 2.28. The Morgan fingerprint density at radius 2 is 2.19 bits per heavy atom. The molecule has 1 amide bonds. The molecule has 0 aromatic heterocycles. The maximum atomic E-state index is 12.0. The minimum atomic E-state index is -3.23. The highest BCUT2D eigenvalue weighted by molar-refractivity contribution is 7.93. The molecule has 6 nitrogen and oxygen atoms in total. The lowest BCUT2D eigenvalue weighted by Crippen LogP contribution is -2.37. The van der Waals surface area contributed by atoms with Crippen molar-refractivity contribution in [2.24, 2.45) is 5.73 Å². The molecular weight excluding hydrogens is 314 g/mol. The van der Waals surface area contributed by atoms with Gasteiger partial charge in [-0.25, -0.2) is 8.42 Å². The largest absolute Gasteiger partial charge is 0.348 e. The van der Waals surface area contributed by atoms with Crippen molar-refractivity contribution in [1.82, 2.24) is 5.32 Å². The Balaban J connectivity index is 0.00000220. The first-order chi connectivity index (χ1) is 9.44. The van der Waals surface area contributed by atoms with E-state index in [1.165, 1.54) is 4.31 Å². The lowest BCUT2D eigenvalue weighted by Gasteiger charge is -2.18. The van der Waals surface area contributed by atoms with Gasteiger partial charge in [0.15, 0.2) is 0 Å². The first kappa shape index (κ1) is 17.7. The van der Waals surface area contributed by atoms with Crippen LogP contribution in [0.15, 0.2) is 24.3 Å². The first-order valence-electron chi connectivity index (χ1n) is 6.55. The molecule has 0 spiro atoms. The van der Waals surface area contributed by atoms with E-state index in [0.717, 1.165) is 0 Å². The summed E-state index contributed by atoms with van der Waals surface area (Å²) in [7, 11) is -3.23. The molecule has 1 aromatic carbocycles. The van der Waals surface area contributed by atoms with Gasteiger partial charge in [-0.1, -0.05) is 6.07 Å². The van der Waals surface area contributed by atoms with Crippen LogP contribution in [-0.4, -0.2) is 39.2 Å². The SMILES string of the molecule is C[C@@H](CN)NC(=O)c1cccc(N2CCCS2(=O)=O)c1.Cl. The van der Waals surface area contributed by atoms with E-state index in [2.05, 4.69) is 5.32 Å². The van der Waals surface area contributed by atoms with Crippen molar-refractivity contribution in [3.63, 3.8) is 0 Å². The molecule has 0 saturated carbocycles. The Labute approximate surface area is 131 Å². The third kappa shape index (κ3) is 4.09. The van der Waals surface area contributed by atoms with Crippen LogP contribution < -0.4 is 15.4 Å². The van der Waals surface area contributed by atoms with Gasteiger partial charge in [0.2, 0.25) is 10.0 Å². The van der Waals surface area contributed by atoms with Crippen molar-refractivity contribution in [2.45, 2.75) is 19.4 Å². The summed E-state index contributed by atoms with van der Waals surface area (Å²) in [5.74, 6) is -0.0884. The fourth-order valence-electron chi connectivity index (χ4n) is 2.10. The number of carbonyl (C=O) groups is 1. The normalized spacial score (nSPS) is 17.9. The van der Waals surface area contributed by atoms with Gasteiger partial charge in [0.1, 0.15) is 0 Å². The molecule has 0 aliphatic carbocycles. The predicted molar refractivity (Wildman–Crippen MR) is 85.4 cm³/mol. The Bertz CT molecular complexity index is 606. The van der Waals surface area contributed by atoms with E-state index in [9.17, 15) is 13.2 Å². The van der Waals surface area contributed by atoms with E-state index in [0.29, 0.717) is 30.8 Å². The molecule has 0 unspecified atom stereocenters. The minimum absolute atomic E-state index is 0. The second-order valence-corrected chi connectivity index (χ2v) is 6.92. The number of nitrogens with zero attached hydrogens (tertiary/aromatic N) is 1. The van der Waals surface area contributed by atoms with E-state index in [1.807, 2.05) is 6.92 Å². The fourth-order valence-corrected chi connectivity index (χ4v) is 3.65. The number of anilines is 1. The molecule has 0 bridgehead atoms.